The molecule has 0 saturated heterocycles. The van der Waals surface area contributed by atoms with E-state index in [2.05, 4.69) is 21.7 Å². The number of benzene rings is 2. The van der Waals surface area contributed by atoms with Crippen LogP contribution in [-0.2, 0) is 4.79 Å². The number of aromatic nitrogens is 1. The second-order valence-corrected chi connectivity index (χ2v) is 6.48. The van der Waals surface area contributed by atoms with Crippen molar-refractivity contribution in [1.29, 1.82) is 5.26 Å². The van der Waals surface area contributed by atoms with Gasteiger partial charge in [0.2, 0.25) is 5.91 Å². The number of anilines is 2. The predicted octanol–water partition coefficient (Wildman–Crippen LogP) is 4.88. The Morgan fingerprint density at radius 3 is 2.44 bits per heavy atom. The zero-order valence-corrected chi connectivity index (χ0v) is 15.2. The Bertz CT molecular complexity index is 1020. The van der Waals surface area contributed by atoms with Gasteiger partial charge in [-0.15, -0.1) is 11.3 Å². The quantitative estimate of drug-likeness (QED) is 0.620. The Morgan fingerprint density at radius 2 is 1.81 bits per heavy atom. The van der Waals surface area contributed by atoms with Crippen molar-refractivity contribution in [3.05, 3.63) is 70.9 Å². The molecule has 0 aliphatic carbocycles. The lowest BCUT2D eigenvalue weighted by Gasteiger charge is -2.04. The summed E-state index contributed by atoms with van der Waals surface area (Å²) in [6.07, 6.45) is 1.58. The summed E-state index contributed by atoms with van der Waals surface area (Å²) in [5.41, 5.74) is 3.33. The summed E-state index contributed by atoms with van der Waals surface area (Å²) in [6.45, 7) is 1.45. The van der Waals surface area contributed by atoms with E-state index in [0.717, 1.165) is 11.3 Å². The highest BCUT2D eigenvalue weighted by Crippen LogP contribution is 2.26. The van der Waals surface area contributed by atoms with Gasteiger partial charge in [-0.25, -0.2) is 9.37 Å². The van der Waals surface area contributed by atoms with Crippen LogP contribution in [0.3, 0.4) is 0 Å². The van der Waals surface area contributed by atoms with Crippen molar-refractivity contribution in [2.45, 2.75) is 6.92 Å². The zero-order valence-electron chi connectivity index (χ0n) is 14.4. The van der Waals surface area contributed by atoms with E-state index in [1.165, 1.54) is 30.4 Å². The van der Waals surface area contributed by atoms with Crippen LogP contribution in [0.4, 0.5) is 15.8 Å². The molecule has 3 rings (SSSR count). The summed E-state index contributed by atoms with van der Waals surface area (Å²) >= 11 is 1.34. The van der Waals surface area contributed by atoms with Crippen LogP contribution in [0.5, 0.6) is 0 Å². The van der Waals surface area contributed by atoms with Crippen LogP contribution in [0, 0.1) is 17.1 Å². The Balaban J connectivity index is 1.74. The molecule has 0 spiro atoms. The van der Waals surface area contributed by atoms with E-state index in [4.69, 9.17) is 0 Å². The Labute approximate surface area is 159 Å². The third kappa shape index (κ3) is 4.77. The normalized spacial score (nSPS) is 10.9. The first-order valence-corrected chi connectivity index (χ1v) is 8.89. The molecular weight excluding hydrogens is 363 g/mol. The van der Waals surface area contributed by atoms with E-state index >= 15 is 0 Å². The minimum atomic E-state index is -0.305. The van der Waals surface area contributed by atoms with E-state index < -0.39 is 0 Å². The molecule has 1 aromatic heterocycles. The molecule has 0 atom stereocenters. The number of hydrogen-bond donors (Lipinski definition) is 2. The first kappa shape index (κ1) is 18.3. The topological polar surface area (TPSA) is 77.8 Å². The number of thiazole rings is 1. The van der Waals surface area contributed by atoms with Crippen molar-refractivity contribution in [3.63, 3.8) is 0 Å². The second-order valence-electron chi connectivity index (χ2n) is 5.62. The minimum absolute atomic E-state index is 0.136. The molecule has 5 nitrogen and oxygen atoms in total. The number of halogens is 1. The molecule has 2 N–H and O–H groups in total. The average molecular weight is 378 g/mol. The molecule has 0 saturated carbocycles. The van der Waals surface area contributed by atoms with E-state index in [-0.39, 0.29) is 11.7 Å². The lowest BCUT2D eigenvalue weighted by atomic mass is 10.2. The smallest absolute Gasteiger partial charge is 0.221 e. The van der Waals surface area contributed by atoms with Gasteiger partial charge in [-0.1, -0.05) is 0 Å². The molecule has 0 radical (unpaired) electrons. The van der Waals surface area contributed by atoms with Crippen molar-refractivity contribution >= 4 is 34.2 Å². The molecule has 1 amide bonds. The van der Waals surface area contributed by atoms with Crippen LogP contribution < -0.4 is 10.6 Å². The Hall–Kier alpha value is -3.50. The largest absolute Gasteiger partial charge is 0.360 e. The summed E-state index contributed by atoms with van der Waals surface area (Å²) in [5, 5.41) is 17.6. The number of rotatable bonds is 5. The number of nitrogens with one attached hydrogen (secondary N) is 2. The van der Waals surface area contributed by atoms with E-state index in [0.29, 0.717) is 22.0 Å². The van der Waals surface area contributed by atoms with Gasteiger partial charge in [0.25, 0.3) is 0 Å². The van der Waals surface area contributed by atoms with Crippen molar-refractivity contribution in [1.82, 2.24) is 4.98 Å². The number of allylic oxidation sites excluding steroid dienone is 1. The first-order valence-electron chi connectivity index (χ1n) is 8.01. The van der Waals surface area contributed by atoms with Gasteiger partial charge in [0.05, 0.1) is 5.69 Å². The van der Waals surface area contributed by atoms with Crippen LogP contribution in [-0.4, -0.2) is 10.9 Å². The SMILES string of the molecule is CC(=O)Nc1ccc(N/C=C(\C#N)c2nc(-c3ccc(F)cc3)cs2)cc1. The monoisotopic (exact) mass is 378 g/mol. The van der Waals surface area contributed by atoms with Crippen LogP contribution in [0.15, 0.2) is 60.1 Å². The third-order valence-electron chi connectivity index (χ3n) is 3.58. The Kier molecular flexibility index (Phi) is 5.59. The summed E-state index contributed by atoms with van der Waals surface area (Å²) in [5.74, 6) is -0.441. The summed E-state index contributed by atoms with van der Waals surface area (Å²) in [4.78, 5) is 15.5. The summed E-state index contributed by atoms with van der Waals surface area (Å²) < 4.78 is 13.0. The molecular formula is C20H15FN4OS. The first-order chi connectivity index (χ1) is 13.0. The molecule has 0 unspecified atom stereocenters. The number of hydrogen-bond acceptors (Lipinski definition) is 5. The van der Waals surface area contributed by atoms with Crippen molar-refractivity contribution in [2.75, 3.05) is 10.6 Å². The number of nitrogens with zero attached hydrogens (tertiary/aromatic N) is 2. The van der Waals surface area contributed by atoms with Crippen molar-refractivity contribution in [2.24, 2.45) is 0 Å². The van der Waals surface area contributed by atoms with E-state index in [1.54, 1.807) is 42.6 Å². The van der Waals surface area contributed by atoms with Crippen LogP contribution in [0.2, 0.25) is 0 Å². The molecule has 0 fully saturated rings. The summed E-state index contributed by atoms with van der Waals surface area (Å²) in [7, 11) is 0. The van der Waals surface area contributed by atoms with Crippen LogP contribution >= 0.6 is 11.3 Å². The maximum absolute atomic E-state index is 13.0. The molecule has 1 heterocycles. The molecule has 7 heteroatoms. The molecule has 0 aliphatic heterocycles. The van der Waals surface area contributed by atoms with E-state index in [1.807, 2.05) is 5.38 Å². The van der Waals surface area contributed by atoms with E-state index in [9.17, 15) is 14.4 Å². The highest BCUT2D eigenvalue weighted by molar-refractivity contribution is 7.11. The highest BCUT2D eigenvalue weighted by atomic mass is 32.1. The maximum atomic E-state index is 13.0. The second kappa shape index (κ2) is 8.25. The fourth-order valence-electron chi connectivity index (χ4n) is 2.30. The fraction of sp³-hybridized carbons (Fsp3) is 0.0500. The molecule has 27 heavy (non-hydrogen) atoms. The highest BCUT2D eigenvalue weighted by Gasteiger charge is 2.09. The van der Waals surface area contributed by atoms with Gasteiger partial charge in [0.1, 0.15) is 22.5 Å². The average Bonchev–Trinajstić information content (AvgIpc) is 3.14. The molecule has 0 bridgehead atoms. The predicted molar refractivity (Wildman–Crippen MR) is 105 cm³/mol. The van der Waals surface area contributed by atoms with Crippen molar-refractivity contribution < 1.29 is 9.18 Å². The molecule has 0 aliphatic rings. The van der Waals surface area contributed by atoms with Crippen LogP contribution in [0.1, 0.15) is 11.9 Å². The lowest BCUT2D eigenvalue weighted by molar-refractivity contribution is -0.114. The third-order valence-corrected chi connectivity index (χ3v) is 4.46. The van der Waals surface area contributed by atoms with Gasteiger partial charge in [-0.2, -0.15) is 5.26 Å². The minimum Gasteiger partial charge on any atom is -0.360 e. The van der Waals surface area contributed by atoms with Gasteiger partial charge in [-0.05, 0) is 48.5 Å². The number of carbonyl (C=O) groups is 1. The maximum Gasteiger partial charge on any atom is 0.221 e. The molecule has 134 valence electrons. The number of amides is 1. The van der Waals surface area contributed by atoms with Gasteiger partial charge >= 0.3 is 0 Å². The van der Waals surface area contributed by atoms with Gasteiger partial charge in [0.15, 0.2) is 0 Å². The lowest BCUT2D eigenvalue weighted by Crippen LogP contribution is -2.05. The number of nitriles is 1. The molecule has 2 aromatic carbocycles. The van der Waals surface area contributed by atoms with Gasteiger partial charge in [-0.3, -0.25) is 4.79 Å². The molecule has 3 aromatic rings. The van der Waals surface area contributed by atoms with Crippen molar-refractivity contribution in [3.8, 4) is 17.3 Å². The van der Waals surface area contributed by atoms with Gasteiger partial charge in [0, 0.05) is 35.4 Å². The standard InChI is InChI=1S/C20H15FN4OS/c1-13(26)24-18-8-6-17(7-9-18)23-11-15(10-22)20-25-19(12-27-20)14-2-4-16(21)5-3-14/h2-9,11-12,23H,1H3,(H,24,26)/b15-11+. The Morgan fingerprint density at radius 1 is 1.15 bits per heavy atom. The summed E-state index contributed by atoms with van der Waals surface area (Å²) in [6, 6.07) is 15.3. The van der Waals surface area contributed by atoms with Crippen LogP contribution in [0.25, 0.3) is 16.8 Å². The zero-order chi connectivity index (χ0) is 19.2. The van der Waals surface area contributed by atoms with Gasteiger partial charge < -0.3 is 10.6 Å². The fourth-order valence-corrected chi connectivity index (χ4v) is 3.10. The number of carbonyl (C=O) groups excluding carboxylic acids is 1.